The van der Waals surface area contributed by atoms with Crippen molar-refractivity contribution < 1.29 is 9.18 Å². The number of rotatable bonds is 4. The Balaban J connectivity index is 1.73. The monoisotopic (exact) mass is 354 g/mol. The molecule has 5 heteroatoms. The smallest absolute Gasteiger partial charge is 0.254 e. The van der Waals surface area contributed by atoms with Gasteiger partial charge >= 0.3 is 0 Å². The fourth-order valence-corrected chi connectivity index (χ4v) is 3.30. The first-order valence-corrected chi connectivity index (χ1v) is 8.41. The van der Waals surface area contributed by atoms with Crippen LogP contribution in [0.15, 0.2) is 22.7 Å². The highest BCUT2D eigenvalue weighted by atomic mass is 79.9. The van der Waals surface area contributed by atoms with Crippen LogP contribution in [-0.4, -0.2) is 36.5 Å². The van der Waals surface area contributed by atoms with Crippen molar-refractivity contribution in [1.29, 1.82) is 0 Å². The predicted octanol–water partition coefficient (Wildman–Crippen LogP) is 3.19. The Hall–Kier alpha value is -0.940. The molecule has 0 atom stereocenters. The number of nitrogens with zero attached hydrogens (tertiary/aromatic N) is 1. The minimum absolute atomic E-state index is 0.0386. The lowest BCUT2D eigenvalue weighted by Crippen LogP contribution is -2.40. The van der Waals surface area contributed by atoms with Crippen molar-refractivity contribution in [1.82, 2.24) is 10.2 Å². The summed E-state index contributed by atoms with van der Waals surface area (Å²) >= 11 is 3.16. The molecular weight excluding hydrogens is 335 g/mol. The van der Waals surface area contributed by atoms with Gasteiger partial charge < -0.3 is 10.2 Å². The van der Waals surface area contributed by atoms with E-state index in [1.54, 1.807) is 12.1 Å². The molecule has 1 amide bonds. The molecule has 1 aromatic carbocycles. The highest BCUT2D eigenvalue weighted by molar-refractivity contribution is 9.10. The first-order chi connectivity index (χ1) is 10.1. The van der Waals surface area contributed by atoms with Gasteiger partial charge in [0.25, 0.3) is 5.91 Å². The molecule has 1 heterocycles. The van der Waals surface area contributed by atoms with Gasteiger partial charge in [0.05, 0.1) is 4.47 Å². The quantitative estimate of drug-likeness (QED) is 0.900. The Morgan fingerprint density at radius 2 is 2.00 bits per heavy atom. The van der Waals surface area contributed by atoms with Gasteiger partial charge in [-0.2, -0.15) is 0 Å². The van der Waals surface area contributed by atoms with Crippen LogP contribution in [0, 0.1) is 11.7 Å². The number of nitrogens with one attached hydrogen (secondary N) is 1. The lowest BCUT2D eigenvalue weighted by Gasteiger charge is -2.30. The van der Waals surface area contributed by atoms with E-state index in [9.17, 15) is 9.18 Å². The van der Waals surface area contributed by atoms with E-state index in [0.717, 1.165) is 45.3 Å². The third-order valence-corrected chi connectivity index (χ3v) is 4.94. The number of carbonyl (C=O) groups excluding carboxylic acids is 1. The van der Waals surface area contributed by atoms with Gasteiger partial charge in [-0.05, 0) is 78.8 Å². The van der Waals surface area contributed by atoms with Crippen LogP contribution in [0.1, 0.15) is 36.0 Å². The molecule has 1 saturated heterocycles. The molecule has 0 spiro atoms. The number of hydrogen-bond acceptors (Lipinski definition) is 2. The summed E-state index contributed by atoms with van der Waals surface area (Å²) in [5, 5.41) is 3.36. The van der Waals surface area contributed by atoms with Crippen LogP contribution in [-0.2, 0) is 0 Å². The number of hydrogen-bond donors (Lipinski definition) is 1. The van der Waals surface area contributed by atoms with E-state index in [1.807, 2.05) is 4.90 Å². The standard InChI is InChI=1S/C16H20BrFN2O/c17-14-9-12(1-4-15(14)18)16(21)20(13-2-3-13)10-11-5-7-19-8-6-11/h1,4,9,11,13,19H,2-3,5-8,10H2. The molecule has 0 aromatic heterocycles. The van der Waals surface area contributed by atoms with Gasteiger partial charge in [0.15, 0.2) is 0 Å². The molecule has 3 nitrogen and oxygen atoms in total. The van der Waals surface area contributed by atoms with Gasteiger partial charge in [-0.25, -0.2) is 4.39 Å². The van der Waals surface area contributed by atoms with Gasteiger partial charge in [0.1, 0.15) is 5.82 Å². The van der Waals surface area contributed by atoms with Gasteiger partial charge in [0.2, 0.25) is 0 Å². The molecular formula is C16H20BrFN2O. The molecule has 1 aliphatic heterocycles. The molecule has 1 aromatic rings. The first kappa shape index (κ1) is 15.0. The maximum absolute atomic E-state index is 13.3. The van der Waals surface area contributed by atoms with Crippen LogP contribution in [0.25, 0.3) is 0 Å². The van der Waals surface area contributed by atoms with Crippen molar-refractivity contribution in [2.75, 3.05) is 19.6 Å². The van der Waals surface area contributed by atoms with Crippen LogP contribution in [0.3, 0.4) is 0 Å². The van der Waals surface area contributed by atoms with Crippen LogP contribution < -0.4 is 5.32 Å². The number of carbonyl (C=O) groups is 1. The third kappa shape index (κ3) is 3.64. The van der Waals surface area contributed by atoms with Gasteiger partial charge in [-0.3, -0.25) is 4.79 Å². The second-order valence-corrected chi connectivity index (χ2v) is 6.87. The first-order valence-electron chi connectivity index (χ1n) is 7.62. The highest BCUT2D eigenvalue weighted by Crippen LogP contribution is 2.31. The van der Waals surface area contributed by atoms with E-state index in [1.165, 1.54) is 6.07 Å². The number of benzene rings is 1. The van der Waals surface area contributed by atoms with Gasteiger partial charge in [0, 0.05) is 18.2 Å². The fourth-order valence-electron chi connectivity index (χ4n) is 2.92. The Kier molecular flexibility index (Phi) is 4.60. The van der Waals surface area contributed by atoms with E-state index < -0.39 is 0 Å². The zero-order chi connectivity index (χ0) is 14.8. The van der Waals surface area contributed by atoms with Gasteiger partial charge in [-0.1, -0.05) is 0 Å². The zero-order valence-electron chi connectivity index (χ0n) is 11.9. The number of piperidine rings is 1. The minimum Gasteiger partial charge on any atom is -0.335 e. The summed E-state index contributed by atoms with van der Waals surface area (Å²) in [6.45, 7) is 2.92. The van der Waals surface area contributed by atoms with E-state index >= 15 is 0 Å². The van der Waals surface area contributed by atoms with Crippen molar-refractivity contribution >= 4 is 21.8 Å². The SMILES string of the molecule is O=C(c1ccc(F)c(Br)c1)N(CC1CCNCC1)C1CC1. The maximum atomic E-state index is 13.3. The van der Waals surface area contributed by atoms with Crippen LogP contribution in [0.4, 0.5) is 4.39 Å². The Morgan fingerprint density at radius 3 is 2.62 bits per heavy atom. The molecule has 2 fully saturated rings. The molecule has 0 unspecified atom stereocenters. The van der Waals surface area contributed by atoms with Crippen LogP contribution in [0.2, 0.25) is 0 Å². The third-order valence-electron chi connectivity index (χ3n) is 4.33. The van der Waals surface area contributed by atoms with E-state index in [0.29, 0.717) is 22.0 Å². The summed E-state index contributed by atoms with van der Waals surface area (Å²) in [4.78, 5) is 14.7. The van der Waals surface area contributed by atoms with Crippen LogP contribution >= 0.6 is 15.9 Å². The Labute approximate surface area is 133 Å². The van der Waals surface area contributed by atoms with Crippen molar-refractivity contribution in [3.8, 4) is 0 Å². The molecule has 21 heavy (non-hydrogen) atoms. The van der Waals surface area contributed by atoms with Crippen molar-refractivity contribution in [2.24, 2.45) is 5.92 Å². The number of halogens is 2. The fraction of sp³-hybridized carbons (Fsp3) is 0.562. The second kappa shape index (κ2) is 6.44. The molecule has 2 aliphatic rings. The molecule has 3 rings (SSSR count). The highest BCUT2D eigenvalue weighted by Gasteiger charge is 2.34. The maximum Gasteiger partial charge on any atom is 0.254 e. The van der Waals surface area contributed by atoms with Crippen LogP contribution in [0.5, 0.6) is 0 Å². The van der Waals surface area contributed by atoms with E-state index in [-0.39, 0.29) is 11.7 Å². The summed E-state index contributed by atoms with van der Waals surface area (Å²) in [5.74, 6) is 0.291. The Morgan fingerprint density at radius 1 is 1.29 bits per heavy atom. The lowest BCUT2D eigenvalue weighted by atomic mass is 9.97. The summed E-state index contributed by atoms with van der Waals surface area (Å²) in [6, 6.07) is 4.92. The van der Waals surface area contributed by atoms with Crippen molar-refractivity contribution in [3.63, 3.8) is 0 Å². The zero-order valence-corrected chi connectivity index (χ0v) is 13.5. The normalized spacial score (nSPS) is 19.5. The lowest BCUT2D eigenvalue weighted by molar-refractivity contribution is 0.0701. The van der Waals surface area contributed by atoms with Gasteiger partial charge in [-0.15, -0.1) is 0 Å². The summed E-state index contributed by atoms with van der Waals surface area (Å²) in [7, 11) is 0. The average molecular weight is 355 g/mol. The van der Waals surface area contributed by atoms with E-state index in [4.69, 9.17) is 0 Å². The minimum atomic E-state index is -0.331. The molecule has 1 N–H and O–H groups in total. The largest absolute Gasteiger partial charge is 0.335 e. The second-order valence-electron chi connectivity index (χ2n) is 6.01. The molecule has 1 aliphatic carbocycles. The predicted molar refractivity (Wildman–Crippen MR) is 83.8 cm³/mol. The topological polar surface area (TPSA) is 32.3 Å². The Bertz CT molecular complexity index is 527. The summed E-state index contributed by atoms with van der Waals surface area (Å²) < 4.78 is 13.7. The summed E-state index contributed by atoms with van der Waals surface area (Å²) in [5.41, 5.74) is 0.573. The molecule has 0 bridgehead atoms. The van der Waals surface area contributed by atoms with E-state index in [2.05, 4.69) is 21.2 Å². The molecule has 1 saturated carbocycles. The number of amides is 1. The molecule has 114 valence electrons. The van der Waals surface area contributed by atoms with Crippen molar-refractivity contribution in [3.05, 3.63) is 34.1 Å². The molecule has 0 radical (unpaired) electrons. The summed E-state index contributed by atoms with van der Waals surface area (Å²) in [6.07, 6.45) is 4.45. The average Bonchev–Trinajstić information content (AvgIpc) is 3.33. The van der Waals surface area contributed by atoms with Crippen molar-refractivity contribution in [2.45, 2.75) is 31.7 Å².